The molecule has 3 N–H and O–H groups in total. The van der Waals surface area contributed by atoms with E-state index in [9.17, 15) is 14.4 Å². The van der Waals surface area contributed by atoms with Crippen LogP contribution in [0.3, 0.4) is 0 Å². The molecule has 0 saturated carbocycles. The van der Waals surface area contributed by atoms with Gasteiger partial charge < -0.3 is 20.7 Å². The fourth-order valence-electron chi connectivity index (χ4n) is 2.57. The number of piperidine rings is 1. The smallest absolute Gasteiger partial charge is 0.410 e. The molecule has 0 aliphatic carbocycles. The maximum absolute atomic E-state index is 12.4. The van der Waals surface area contributed by atoms with Gasteiger partial charge in [-0.3, -0.25) is 9.59 Å². The second-order valence-corrected chi connectivity index (χ2v) is 6.99. The SMILES string of the molecule is CC(C)(C)OC(=O)N1CCC(C(=O)Nc2ncccc2C(N)=O)CC1. The first kappa shape index (κ1) is 18.7. The summed E-state index contributed by atoms with van der Waals surface area (Å²) in [6.07, 6.45) is 2.15. The number of pyridine rings is 1. The molecule has 1 aromatic rings. The summed E-state index contributed by atoms with van der Waals surface area (Å²) in [5, 5.41) is 2.66. The molecule has 0 unspecified atom stereocenters. The number of rotatable bonds is 3. The zero-order valence-corrected chi connectivity index (χ0v) is 14.7. The molecule has 0 atom stereocenters. The summed E-state index contributed by atoms with van der Waals surface area (Å²) in [5.74, 6) is -0.982. The molecular formula is C17H24N4O4. The minimum Gasteiger partial charge on any atom is -0.444 e. The molecule has 8 heteroatoms. The van der Waals surface area contributed by atoms with E-state index in [2.05, 4.69) is 10.3 Å². The standard InChI is InChI=1S/C17H24N4O4/c1-17(2,3)25-16(24)21-9-6-11(7-10-21)15(23)20-14-12(13(18)22)5-4-8-19-14/h4-5,8,11H,6-7,9-10H2,1-3H3,(H2,18,22)(H,19,20,23). The van der Waals surface area contributed by atoms with E-state index >= 15 is 0 Å². The van der Waals surface area contributed by atoms with Crippen LogP contribution < -0.4 is 11.1 Å². The van der Waals surface area contributed by atoms with Crippen LogP contribution in [0.15, 0.2) is 18.3 Å². The van der Waals surface area contributed by atoms with Crippen LogP contribution in [0.5, 0.6) is 0 Å². The first-order valence-electron chi connectivity index (χ1n) is 8.21. The van der Waals surface area contributed by atoms with Gasteiger partial charge in [-0.15, -0.1) is 0 Å². The molecule has 1 aliphatic rings. The molecule has 0 radical (unpaired) electrons. The number of aromatic nitrogens is 1. The number of hydrogen-bond donors (Lipinski definition) is 2. The zero-order chi connectivity index (χ0) is 18.6. The number of ether oxygens (including phenoxy) is 1. The highest BCUT2D eigenvalue weighted by atomic mass is 16.6. The summed E-state index contributed by atoms with van der Waals surface area (Å²) in [4.78, 5) is 41.4. The van der Waals surface area contributed by atoms with Gasteiger partial charge in [-0.2, -0.15) is 0 Å². The first-order chi connectivity index (χ1) is 11.7. The van der Waals surface area contributed by atoms with Crippen LogP contribution in [0, 0.1) is 5.92 Å². The number of nitrogens with one attached hydrogen (secondary N) is 1. The lowest BCUT2D eigenvalue weighted by molar-refractivity contribution is -0.121. The van der Waals surface area contributed by atoms with Crippen LogP contribution in [0.1, 0.15) is 44.0 Å². The highest BCUT2D eigenvalue weighted by Gasteiger charge is 2.30. The Balaban J connectivity index is 1.92. The van der Waals surface area contributed by atoms with Crippen molar-refractivity contribution in [1.82, 2.24) is 9.88 Å². The van der Waals surface area contributed by atoms with Gasteiger partial charge in [0.2, 0.25) is 5.91 Å². The number of nitrogens with zero attached hydrogens (tertiary/aromatic N) is 2. The Morgan fingerprint density at radius 2 is 1.92 bits per heavy atom. The van der Waals surface area contributed by atoms with Crippen molar-refractivity contribution in [2.45, 2.75) is 39.2 Å². The Morgan fingerprint density at radius 3 is 2.48 bits per heavy atom. The Bertz CT molecular complexity index is 661. The average Bonchev–Trinajstić information content (AvgIpc) is 2.53. The van der Waals surface area contributed by atoms with E-state index in [1.807, 2.05) is 20.8 Å². The van der Waals surface area contributed by atoms with Crippen LogP contribution in [0.25, 0.3) is 0 Å². The van der Waals surface area contributed by atoms with E-state index in [1.54, 1.807) is 11.0 Å². The fraction of sp³-hybridized carbons (Fsp3) is 0.529. The highest BCUT2D eigenvalue weighted by Crippen LogP contribution is 2.21. The van der Waals surface area contributed by atoms with E-state index in [0.29, 0.717) is 25.9 Å². The Hall–Kier alpha value is -2.64. The minimum absolute atomic E-state index is 0.162. The molecule has 8 nitrogen and oxygen atoms in total. The topological polar surface area (TPSA) is 115 Å². The maximum atomic E-state index is 12.4. The second-order valence-electron chi connectivity index (χ2n) is 6.99. The molecule has 2 heterocycles. The van der Waals surface area contributed by atoms with Crippen LogP contribution in [-0.4, -0.2) is 46.5 Å². The largest absolute Gasteiger partial charge is 0.444 e. The number of carbonyl (C=O) groups excluding carboxylic acids is 3. The highest BCUT2D eigenvalue weighted by molar-refractivity contribution is 6.02. The lowest BCUT2D eigenvalue weighted by Gasteiger charge is -2.32. The Kier molecular flexibility index (Phi) is 5.61. The van der Waals surface area contributed by atoms with Crippen molar-refractivity contribution in [3.05, 3.63) is 23.9 Å². The van der Waals surface area contributed by atoms with Crippen molar-refractivity contribution < 1.29 is 19.1 Å². The monoisotopic (exact) mass is 348 g/mol. The molecule has 1 fully saturated rings. The number of primary amides is 1. The van der Waals surface area contributed by atoms with Gasteiger partial charge in [-0.05, 0) is 45.7 Å². The Morgan fingerprint density at radius 1 is 1.28 bits per heavy atom. The molecular weight excluding hydrogens is 324 g/mol. The van der Waals surface area contributed by atoms with Gasteiger partial charge in [0, 0.05) is 25.2 Å². The van der Waals surface area contributed by atoms with Crippen LogP contribution in [0.2, 0.25) is 0 Å². The van der Waals surface area contributed by atoms with Gasteiger partial charge in [0.25, 0.3) is 5.91 Å². The first-order valence-corrected chi connectivity index (χ1v) is 8.21. The molecule has 136 valence electrons. The number of amides is 3. The molecule has 0 aromatic carbocycles. The van der Waals surface area contributed by atoms with Gasteiger partial charge in [0.05, 0.1) is 5.56 Å². The predicted molar refractivity (Wildman–Crippen MR) is 91.9 cm³/mol. The third kappa shape index (κ3) is 5.17. The van der Waals surface area contributed by atoms with Gasteiger partial charge in [-0.1, -0.05) is 0 Å². The van der Waals surface area contributed by atoms with Crippen molar-refractivity contribution in [2.75, 3.05) is 18.4 Å². The van der Waals surface area contributed by atoms with Crippen LogP contribution >= 0.6 is 0 Å². The average molecular weight is 348 g/mol. The zero-order valence-electron chi connectivity index (χ0n) is 14.7. The quantitative estimate of drug-likeness (QED) is 0.864. The van der Waals surface area contributed by atoms with Crippen LogP contribution in [0.4, 0.5) is 10.6 Å². The van der Waals surface area contributed by atoms with Crippen molar-refractivity contribution in [1.29, 1.82) is 0 Å². The molecule has 2 rings (SSSR count). The fourth-order valence-corrected chi connectivity index (χ4v) is 2.57. The predicted octanol–water partition coefficient (Wildman–Crippen LogP) is 1.77. The van der Waals surface area contributed by atoms with Gasteiger partial charge in [-0.25, -0.2) is 9.78 Å². The van der Waals surface area contributed by atoms with Crippen LogP contribution in [-0.2, 0) is 9.53 Å². The lowest BCUT2D eigenvalue weighted by Crippen LogP contribution is -2.43. The summed E-state index contributed by atoms with van der Waals surface area (Å²) >= 11 is 0. The molecule has 25 heavy (non-hydrogen) atoms. The molecule has 0 bridgehead atoms. The number of carbonyl (C=O) groups is 3. The van der Waals surface area contributed by atoms with Crippen molar-refractivity contribution in [3.8, 4) is 0 Å². The number of anilines is 1. The van der Waals surface area contributed by atoms with E-state index in [0.717, 1.165) is 0 Å². The third-order valence-electron chi connectivity index (χ3n) is 3.83. The Labute approximate surface area is 146 Å². The van der Waals surface area contributed by atoms with Crippen molar-refractivity contribution >= 4 is 23.7 Å². The summed E-state index contributed by atoms with van der Waals surface area (Å²) in [7, 11) is 0. The van der Waals surface area contributed by atoms with Gasteiger partial charge in [0.1, 0.15) is 11.4 Å². The van der Waals surface area contributed by atoms with E-state index in [-0.39, 0.29) is 29.3 Å². The summed E-state index contributed by atoms with van der Waals surface area (Å²) in [5.41, 5.74) is 4.90. The molecule has 1 aliphatic heterocycles. The van der Waals surface area contributed by atoms with Crippen molar-refractivity contribution in [3.63, 3.8) is 0 Å². The molecule has 1 aromatic heterocycles. The van der Waals surface area contributed by atoms with Crippen molar-refractivity contribution in [2.24, 2.45) is 11.7 Å². The number of hydrogen-bond acceptors (Lipinski definition) is 5. The van der Waals surface area contributed by atoms with Gasteiger partial charge >= 0.3 is 6.09 Å². The summed E-state index contributed by atoms with van der Waals surface area (Å²) in [6.45, 7) is 6.33. The normalized spacial score (nSPS) is 15.6. The van der Waals surface area contributed by atoms with E-state index in [4.69, 9.17) is 10.5 Å². The maximum Gasteiger partial charge on any atom is 0.410 e. The minimum atomic E-state index is -0.650. The van der Waals surface area contributed by atoms with E-state index < -0.39 is 11.5 Å². The summed E-state index contributed by atoms with van der Waals surface area (Å²) < 4.78 is 5.34. The lowest BCUT2D eigenvalue weighted by atomic mass is 9.96. The number of nitrogens with two attached hydrogens (primary N) is 1. The molecule has 3 amide bonds. The summed E-state index contributed by atoms with van der Waals surface area (Å²) in [6, 6.07) is 3.09. The molecule has 0 spiro atoms. The molecule has 1 saturated heterocycles. The number of likely N-dealkylation sites (tertiary alicyclic amines) is 1. The van der Waals surface area contributed by atoms with E-state index in [1.165, 1.54) is 12.3 Å². The van der Waals surface area contributed by atoms with Gasteiger partial charge in [0.15, 0.2) is 0 Å². The third-order valence-corrected chi connectivity index (χ3v) is 3.83. The second kappa shape index (κ2) is 7.50.